The number of hydrogen-bond acceptors (Lipinski definition) is 1. The van der Waals surface area contributed by atoms with Gasteiger partial charge in [0.25, 0.3) is 0 Å². The van der Waals surface area contributed by atoms with Crippen molar-refractivity contribution in [1.29, 1.82) is 0 Å². The fourth-order valence-electron chi connectivity index (χ4n) is 2.10. The predicted octanol–water partition coefficient (Wildman–Crippen LogP) is 1.37. The molecule has 0 N–H and O–H groups in total. The van der Waals surface area contributed by atoms with Crippen molar-refractivity contribution in [3.8, 4) is 0 Å². The van der Waals surface area contributed by atoms with E-state index in [0.717, 1.165) is 10.6 Å². The maximum atomic E-state index is 2.63. The van der Waals surface area contributed by atoms with Crippen molar-refractivity contribution in [1.82, 2.24) is 4.90 Å². The molecule has 11 heavy (non-hydrogen) atoms. The first-order valence-electron chi connectivity index (χ1n) is 4.80. The molecule has 1 heterocycles. The quantitative estimate of drug-likeness (QED) is 0.396. The number of likely N-dealkylation sites (tertiary alicyclic amines) is 1. The normalized spacial score (nSPS) is 38.7. The molecule has 0 aromatic heterocycles. The molecule has 2 aliphatic rings. The summed E-state index contributed by atoms with van der Waals surface area (Å²) in [6.07, 6.45) is 8.95. The fourth-order valence-corrected chi connectivity index (χ4v) is 2.10. The van der Waals surface area contributed by atoms with Crippen molar-refractivity contribution in [3.63, 3.8) is 0 Å². The second-order valence-electron chi connectivity index (χ2n) is 3.83. The van der Waals surface area contributed by atoms with Gasteiger partial charge in [-0.05, 0) is 0 Å². The van der Waals surface area contributed by atoms with Crippen LogP contribution in [0.15, 0.2) is 12.2 Å². The van der Waals surface area contributed by atoms with E-state index in [4.69, 9.17) is 0 Å². The molecule has 1 aliphatic heterocycles. The van der Waals surface area contributed by atoms with E-state index in [2.05, 4.69) is 34.8 Å². The second-order valence-corrected chi connectivity index (χ2v) is 3.83. The Bertz CT molecular complexity index is 161. The molecule has 1 nitrogen and oxygen atoms in total. The Kier molecular flexibility index (Phi) is 2.41. The first kappa shape index (κ1) is 7.92. The van der Waals surface area contributed by atoms with Crippen LogP contribution in [0.1, 0.15) is 19.3 Å². The molecule has 0 aromatic carbocycles. The van der Waals surface area contributed by atoms with E-state index in [9.17, 15) is 0 Å². The third-order valence-electron chi connectivity index (χ3n) is 2.96. The zero-order valence-electron chi connectivity index (χ0n) is 7.29. The molecule has 56 valence electrons. The van der Waals surface area contributed by atoms with Gasteiger partial charge < -0.3 is 0 Å². The van der Waals surface area contributed by atoms with Crippen LogP contribution in [-0.4, -0.2) is 41.7 Å². The third kappa shape index (κ3) is 1.56. The molecule has 2 unspecified atom stereocenters. The van der Waals surface area contributed by atoms with Gasteiger partial charge >= 0.3 is 77.8 Å². The summed E-state index contributed by atoms with van der Waals surface area (Å²) >= 11 is 2.32. The zero-order chi connectivity index (χ0) is 7.68. The summed E-state index contributed by atoms with van der Waals surface area (Å²) in [5.41, 5.74) is 0. The van der Waals surface area contributed by atoms with E-state index in [1.54, 1.807) is 0 Å². The Hall–Kier alpha value is 0.297. The van der Waals surface area contributed by atoms with E-state index in [-0.39, 0.29) is 0 Å². The molecule has 1 fully saturated rings. The Morgan fingerprint density at radius 1 is 1.09 bits per heavy atom. The number of piperidine rings is 1. The summed E-state index contributed by atoms with van der Waals surface area (Å²) in [5.74, 6) is 0. The van der Waals surface area contributed by atoms with Crippen LogP contribution in [-0.2, 0) is 0 Å². The summed E-state index contributed by atoms with van der Waals surface area (Å²) < 4.78 is 0.813. The van der Waals surface area contributed by atoms with Crippen molar-refractivity contribution >= 4 is 17.7 Å². The molecule has 2 rings (SSSR count). The van der Waals surface area contributed by atoms with Gasteiger partial charge in [0.05, 0.1) is 0 Å². The van der Waals surface area contributed by atoms with Gasteiger partial charge in [0.15, 0.2) is 0 Å². The number of nitrogens with zero attached hydrogens (tertiary/aromatic N) is 1. The maximum absolute atomic E-state index is 2.63. The van der Waals surface area contributed by atoms with Crippen molar-refractivity contribution in [2.24, 2.45) is 0 Å². The molecule has 2 heteroatoms. The molecule has 0 bridgehead atoms. The Morgan fingerprint density at radius 2 is 1.82 bits per heavy atom. The molecule has 2 atom stereocenters. The number of hydrogen-bond donors (Lipinski definition) is 0. The predicted molar refractivity (Wildman–Crippen MR) is 47.9 cm³/mol. The molecule has 0 radical (unpaired) electrons. The summed E-state index contributed by atoms with van der Waals surface area (Å²) in [5, 5.41) is 0. The SMILES string of the molecule is [Li][CH]1C=CC1N1CCCCC1. The van der Waals surface area contributed by atoms with Gasteiger partial charge in [0.1, 0.15) is 0 Å². The summed E-state index contributed by atoms with van der Waals surface area (Å²) in [4.78, 5) is 2.63. The van der Waals surface area contributed by atoms with Crippen molar-refractivity contribution in [2.45, 2.75) is 29.9 Å². The average Bonchev–Trinajstić information content (AvgIpc) is 2.04. The van der Waals surface area contributed by atoms with E-state index in [1.807, 2.05) is 0 Å². The molecule has 0 aromatic rings. The van der Waals surface area contributed by atoms with Gasteiger partial charge in [0.2, 0.25) is 0 Å². The van der Waals surface area contributed by atoms with Gasteiger partial charge in [-0.25, -0.2) is 0 Å². The minimum absolute atomic E-state index is 0.787. The Balaban J connectivity index is 1.89. The fraction of sp³-hybridized carbons (Fsp3) is 0.778. The van der Waals surface area contributed by atoms with Crippen LogP contribution in [0.5, 0.6) is 0 Å². The van der Waals surface area contributed by atoms with Gasteiger partial charge in [0, 0.05) is 0 Å². The van der Waals surface area contributed by atoms with Gasteiger partial charge in [-0.3, -0.25) is 0 Å². The molecule has 0 amide bonds. The van der Waals surface area contributed by atoms with Crippen molar-refractivity contribution < 1.29 is 0 Å². The van der Waals surface area contributed by atoms with Gasteiger partial charge in [-0.15, -0.1) is 0 Å². The molecular formula is C9H14LiN. The van der Waals surface area contributed by atoms with Crippen molar-refractivity contribution in [2.75, 3.05) is 13.1 Å². The van der Waals surface area contributed by atoms with E-state index in [0.29, 0.717) is 0 Å². The van der Waals surface area contributed by atoms with Crippen LogP contribution in [0.25, 0.3) is 0 Å². The standard InChI is InChI=1S/C9H14N.Li/c1-2-7-10(8-3-1)9-5-4-6-9;/h4-6,9H,1-3,7-8H2;. The Morgan fingerprint density at radius 3 is 2.27 bits per heavy atom. The molecular weight excluding hydrogens is 129 g/mol. The summed E-state index contributed by atoms with van der Waals surface area (Å²) in [6.45, 7) is 2.67. The Labute approximate surface area is 78.0 Å². The van der Waals surface area contributed by atoms with E-state index >= 15 is 0 Å². The average molecular weight is 143 g/mol. The monoisotopic (exact) mass is 143 g/mol. The molecule has 0 saturated carbocycles. The van der Waals surface area contributed by atoms with Gasteiger partial charge in [-0.2, -0.15) is 0 Å². The summed E-state index contributed by atoms with van der Waals surface area (Å²) in [7, 11) is 0. The third-order valence-corrected chi connectivity index (χ3v) is 2.96. The van der Waals surface area contributed by atoms with Crippen LogP contribution >= 0.6 is 0 Å². The molecule has 1 aliphatic carbocycles. The van der Waals surface area contributed by atoms with E-state index < -0.39 is 0 Å². The first-order chi connectivity index (χ1) is 5.38. The zero-order valence-corrected chi connectivity index (χ0v) is 7.29. The topological polar surface area (TPSA) is 3.24 Å². The molecule has 0 spiro atoms. The van der Waals surface area contributed by atoms with Crippen LogP contribution < -0.4 is 0 Å². The summed E-state index contributed by atoms with van der Waals surface area (Å²) in [6, 6.07) is 0.787. The molecule has 1 saturated heterocycles. The van der Waals surface area contributed by atoms with E-state index in [1.165, 1.54) is 32.4 Å². The van der Waals surface area contributed by atoms with Crippen LogP contribution in [0.3, 0.4) is 0 Å². The minimum atomic E-state index is 0.787. The van der Waals surface area contributed by atoms with Gasteiger partial charge in [-0.1, -0.05) is 0 Å². The number of rotatable bonds is 1. The first-order valence-corrected chi connectivity index (χ1v) is 4.80. The van der Waals surface area contributed by atoms with Crippen LogP contribution in [0.4, 0.5) is 0 Å². The second kappa shape index (κ2) is 3.35. The van der Waals surface area contributed by atoms with Crippen LogP contribution in [0.2, 0.25) is 4.59 Å². The van der Waals surface area contributed by atoms with Crippen molar-refractivity contribution in [3.05, 3.63) is 12.2 Å². The van der Waals surface area contributed by atoms with Crippen LogP contribution in [0, 0.1) is 0 Å².